The third-order valence-electron chi connectivity index (χ3n) is 3.25. The minimum Gasteiger partial charge on any atom is -0.391 e. The molecular weight excluding hydrogens is 205 g/mol. The summed E-state index contributed by atoms with van der Waals surface area (Å²) < 4.78 is 13.5. The lowest BCUT2D eigenvalue weighted by molar-refractivity contribution is 0.275. The molecule has 1 aliphatic rings. The van der Waals surface area contributed by atoms with Crippen LogP contribution in [0.15, 0.2) is 18.2 Å². The highest BCUT2D eigenvalue weighted by atomic mass is 19.1. The standard InChI is InChI=1S/C13H18FNO/c1-10-4-3-7-15(8-10)13-6-2-5-12(14)11(13)9-16/h2,5-6,10,16H,3-4,7-9H2,1H3. The van der Waals surface area contributed by atoms with E-state index in [9.17, 15) is 9.50 Å². The van der Waals surface area contributed by atoms with Gasteiger partial charge in [-0.05, 0) is 30.9 Å². The number of aliphatic hydroxyl groups is 1. The van der Waals surface area contributed by atoms with Crippen molar-refractivity contribution in [1.29, 1.82) is 0 Å². The van der Waals surface area contributed by atoms with Crippen LogP contribution in [-0.4, -0.2) is 18.2 Å². The van der Waals surface area contributed by atoms with Crippen molar-refractivity contribution in [2.75, 3.05) is 18.0 Å². The van der Waals surface area contributed by atoms with Gasteiger partial charge in [-0.2, -0.15) is 0 Å². The van der Waals surface area contributed by atoms with Crippen LogP contribution in [0.2, 0.25) is 0 Å². The molecule has 16 heavy (non-hydrogen) atoms. The molecule has 2 nitrogen and oxygen atoms in total. The zero-order valence-corrected chi connectivity index (χ0v) is 9.62. The van der Waals surface area contributed by atoms with E-state index in [1.54, 1.807) is 6.07 Å². The SMILES string of the molecule is CC1CCCN(c2cccc(F)c2CO)C1. The largest absolute Gasteiger partial charge is 0.391 e. The molecule has 1 aromatic rings. The van der Waals surface area contributed by atoms with Crippen LogP contribution in [0.1, 0.15) is 25.3 Å². The molecule has 1 atom stereocenters. The van der Waals surface area contributed by atoms with Gasteiger partial charge >= 0.3 is 0 Å². The number of piperidine rings is 1. The first-order valence-electron chi connectivity index (χ1n) is 5.85. The van der Waals surface area contributed by atoms with E-state index in [4.69, 9.17) is 0 Å². The molecule has 1 N–H and O–H groups in total. The second-order valence-electron chi connectivity index (χ2n) is 4.59. The van der Waals surface area contributed by atoms with Crippen LogP contribution in [0.25, 0.3) is 0 Å². The highest BCUT2D eigenvalue weighted by Crippen LogP contribution is 2.27. The maximum Gasteiger partial charge on any atom is 0.130 e. The van der Waals surface area contributed by atoms with E-state index >= 15 is 0 Å². The summed E-state index contributed by atoms with van der Waals surface area (Å²) in [5.74, 6) is 0.335. The van der Waals surface area contributed by atoms with Gasteiger partial charge in [0.05, 0.1) is 6.61 Å². The first kappa shape index (κ1) is 11.4. The lowest BCUT2D eigenvalue weighted by Gasteiger charge is -2.34. The van der Waals surface area contributed by atoms with Crippen LogP contribution in [0.3, 0.4) is 0 Å². The number of halogens is 1. The Balaban J connectivity index is 2.28. The Morgan fingerprint density at radius 3 is 3.00 bits per heavy atom. The Labute approximate surface area is 95.7 Å². The quantitative estimate of drug-likeness (QED) is 0.833. The van der Waals surface area contributed by atoms with E-state index in [0.29, 0.717) is 11.5 Å². The number of aliphatic hydroxyl groups excluding tert-OH is 1. The number of rotatable bonds is 2. The van der Waals surface area contributed by atoms with Gasteiger partial charge in [0.1, 0.15) is 5.82 Å². The molecule has 1 saturated heterocycles. The summed E-state index contributed by atoms with van der Waals surface area (Å²) in [5, 5.41) is 9.23. The fourth-order valence-electron chi connectivity index (χ4n) is 2.41. The maximum atomic E-state index is 13.5. The average Bonchev–Trinajstić information content (AvgIpc) is 2.28. The van der Waals surface area contributed by atoms with E-state index in [2.05, 4.69) is 11.8 Å². The van der Waals surface area contributed by atoms with Crippen molar-refractivity contribution < 1.29 is 9.50 Å². The second-order valence-corrected chi connectivity index (χ2v) is 4.59. The second kappa shape index (κ2) is 4.83. The summed E-state index contributed by atoms with van der Waals surface area (Å²) in [6.45, 7) is 3.90. The normalized spacial score (nSPS) is 21.2. The Morgan fingerprint density at radius 1 is 1.50 bits per heavy atom. The minimum absolute atomic E-state index is 0.229. The van der Waals surface area contributed by atoms with Gasteiger partial charge in [-0.15, -0.1) is 0 Å². The van der Waals surface area contributed by atoms with Crippen LogP contribution in [0.4, 0.5) is 10.1 Å². The number of anilines is 1. The lowest BCUT2D eigenvalue weighted by atomic mass is 9.99. The molecular formula is C13H18FNO. The van der Waals surface area contributed by atoms with E-state index in [1.807, 2.05) is 6.07 Å². The summed E-state index contributed by atoms with van der Waals surface area (Å²) in [4.78, 5) is 2.18. The monoisotopic (exact) mass is 223 g/mol. The summed E-state index contributed by atoms with van der Waals surface area (Å²) >= 11 is 0. The van der Waals surface area contributed by atoms with E-state index in [-0.39, 0.29) is 12.4 Å². The molecule has 1 fully saturated rings. The molecule has 0 bridgehead atoms. The predicted molar refractivity (Wildman–Crippen MR) is 62.9 cm³/mol. The molecule has 0 saturated carbocycles. The highest BCUT2D eigenvalue weighted by molar-refractivity contribution is 5.54. The average molecular weight is 223 g/mol. The van der Waals surface area contributed by atoms with Gasteiger partial charge in [0.2, 0.25) is 0 Å². The molecule has 0 aromatic heterocycles. The molecule has 1 unspecified atom stereocenters. The van der Waals surface area contributed by atoms with Crippen molar-refractivity contribution in [3.05, 3.63) is 29.6 Å². The van der Waals surface area contributed by atoms with Crippen LogP contribution in [0, 0.1) is 11.7 Å². The topological polar surface area (TPSA) is 23.5 Å². The maximum absolute atomic E-state index is 13.5. The molecule has 3 heteroatoms. The van der Waals surface area contributed by atoms with Crippen molar-refractivity contribution in [3.8, 4) is 0 Å². The molecule has 1 aromatic carbocycles. The van der Waals surface area contributed by atoms with Crippen LogP contribution >= 0.6 is 0 Å². The van der Waals surface area contributed by atoms with Crippen molar-refractivity contribution >= 4 is 5.69 Å². The fourth-order valence-corrected chi connectivity index (χ4v) is 2.41. The van der Waals surface area contributed by atoms with Crippen molar-refractivity contribution in [2.45, 2.75) is 26.4 Å². The first-order chi connectivity index (χ1) is 7.72. The Kier molecular flexibility index (Phi) is 3.44. The van der Waals surface area contributed by atoms with Crippen LogP contribution in [0.5, 0.6) is 0 Å². The van der Waals surface area contributed by atoms with Gasteiger partial charge < -0.3 is 10.0 Å². The molecule has 88 valence electrons. The Bertz CT molecular complexity index is 367. The zero-order valence-electron chi connectivity index (χ0n) is 9.62. The molecule has 2 rings (SSSR count). The van der Waals surface area contributed by atoms with Gasteiger partial charge in [0, 0.05) is 24.3 Å². The third-order valence-corrected chi connectivity index (χ3v) is 3.25. The van der Waals surface area contributed by atoms with Crippen molar-refractivity contribution in [3.63, 3.8) is 0 Å². The number of hydrogen-bond acceptors (Lipinski definition) is 2. The van der Waals surface area contributed by atoms with E-state index < -0.39 is 0 Å². The molecule has 0 amide bonds. The summed E-state index contributed by atoms with van der Waals surface area (Å²) in [6.07, 6.45) is 2.38. The van der Waals surface area contributed by atoms with Crippen molar-refractivity contribution in [2.24, 2.45) is 5.92 Å². The van der Waals surface area contributed by atoms with Crippen LogP contribution < -0.4 is 4.90 Å². The number of benzene rings is 1. The summed E-state index contributed by atoms with van der Waals surface area (Å²) in [5.41, 5.74) is 1.28. The fraction of sp³-hybridized carbons (Fsp3) is 0.538. The third kappa shape index (κ3) is 2.19. The summed E-state index contributed by atoms with van der Waals surface area (Å²) in [6, 6.07) is 5.01. The van der Waals surface area contributed by atoms with Gasteiger partial charge in [-0.1, -0.05) is 13.0 Å². The molecule has 1 heterocycles. The number of nitrogens with zero attached hydrogens (tertiary/aromatic N) is 1. The molecule has 1 aliphatic heterocycles. The smallest absolute Gasteiger partial charge is 0.130 e. The lowest BCUT2D eigenvalue weighted by Crippen LogP contribution is -2.35. The van der Waals surface area contributed by atoms with Crippen LogP contribution in [-0.2, 0) is 6.61 Å². The zero-order chi connectivity index (χ0) is 11.5. The van der Waals surface area contributed by atoms with Crippen molar-refractivity contribution in [1.82, 2.24) is 0 Å². The molecule has 0 radical (unpaired) electrons. The van der Waals surface area contributed by atoms with Gasteiger partial charge in [-0.25, -0.2) is 4.39 Å². The predicted octanol–water partition coefficient (Wildman–Crippen LogP) is 2.55. The van der Waals surface area contributed by atoms with E-state index in [0.717, 1.165) is 25.2 Å². The highest BCUT2D eigenvalue weighted by Gasteiger charge is 2.19. The first-order valence-corrected chi connectivity index (χ1v) is 5.85. The number of hydrogen-bond donors (Lipinski definition) is 1. The summed E-state index contributed by atoms with van der Waals surface area (Å²) in [7, 11) is 0. The van der Waals surface area contributed by atoms with E-state index in [1.165, 1.54) is 12.5 Å². The molecule has 0 spiro atoms. The Morgan fingerprint density at radius 2 is 2.31 bits per heavy atom. The molecule has 0 aliphatic carbocycles. The van der Waals surface area contributed by atoms with Gasteiger partial charge in [0.25, 0.3) is 0 Å². The van der Waals surface area contributed by atoms with Gasteiger partial charge in [0.15, 0.2) is 0 Å². The van der Waals surface area contributed by atoms with Gasteiger partial charge in [-0.3, -0.25) is 0 Å². The minimum atomic E-state index is -0.307. The Hall–Kier alpha value is -1.09.